The van der Waals surface area contributed by atoms with Gasteiger partial charge in [0.1, 0.15) is 5.75 Å². The topological polar surface area (TPSA) is 9.23 Å². The van der Waals surface area contributed by atoms with Crippen LogP contribution < -0.4 is 4.74 Å². The van der Waals surface area contributed by atoms with Crippen LogP contribution in [0.4, 0.5) is 26.3 Å². The van der Waals surface area contributed by atoms with Gasteiger partial charge in [-0.2, -0.15) is 22.0 Å². The summed E-state index contributed by atoms with van der Waals surface area (Å²) < 4.78 is 81.9. The molecule has 0 heterocycles. The number of unbranched alkanes of at least 4 members (excludes halogenated alkanes) is 2. The highest BCUT2D eigenvalue weighted by molar-refractivity contribution is 6.32. The lowest BCUT2D eigenvalue weighted by atomic mass is 9.64. The number of hydrogen-bond donors (Lipinski definition) is 0. The van der Waals surface area contributed by atoms with Gasteiger partial charge in [-0.05, 0) is 117 Å². The number of ether oxygens (including phenoxy) is 1. The second kappa shape index (κ2) is 13.9. The Morgan fingerprint density at radius 2 is 1.27 bits per heavy atom. The average Bonchev–Trinajstić information content (AvgIpc) is 2.94. The lowest BCUT2D eigenvalue weighted by molar-refractivity contribution is -0.304. The number of benzene rings is 1. The molecule has 0 amide bonds. The Morgan fingerprint density at radius 3 is 1.75 bits per heavy atom. The zero-order valence-corrected chi connectivity index (χ0v) is 24.4. The van der Waals surface area contributed by atoms with E-state index < -0.39 is 24.2 Å². The monoisotopic (exact) mass is 594 g/mol. The fourth-order valence-electron chi connectivity index (χ4n) is 7.89. The fraction of sp³-hybridized carbons (Fsp3) is 0.812. The molecule has 4 rings (SSSR count). The molecule has 1 aromatic rings. The van der Waals surface area contributed by atoms with Gasteiger partial charge in [-0.25, -0.2) is 4.39 Å². The van der Waals surface area contributed by atoms with Gasteiger partial charge in [-0.1, -0.05) is 63.1 Å². The minimum absolute atomic E-state index is 0.219. The number of rotatable bonds is 10. The van der Waals surface area contributed by atoms with Crippen LogP contribution in [0.15, 0.2) is 18.2 Å². The first kappa shape index (κ1) is 31.8. The highest BCUT2D eigenvalue weighted by atomic mass is 35.5. The van der Waals surface area contributed by atoms with Crippen molar-refractivity contribution in [2.75, 3.05) is 0 Å². The number of hydrogen-bond acceptors (Lipinski definition) is 1. The quantitative estimate of drug-likeness (QED) is 0.193. The van der Waals surface area contributed by atoms with E-state index in [2.05, 4.69) is 11.7 Å². The average molecular weight is 595 g/mol. The molecule has 0 bridgehead atoms. The summed E-state index contributed by atoms with van der Waals surface area (Å²) in [5.74, 6) is 3.86. The summed E-state index contributed by atoms with van der Waals surface area (Å²) in [6.07, 6.45) is 5.57. The van der Waals surface area contributed by atoms with E-state index in [0.29, 0.717) is 5.92 Å². The fourth-order valence-corrected chi connectivity index (χ4v) is 8.11. The zero-order valence-electron chi connectivity index (χ0n) is 23.6. The number of alkyl halides is 6. The molecule has 0 radical (unpaired) electrons. The van der Waals surface area contributed by atoms with Crippen molar-refractivity contribution in [1.82, 2.24) is 0 Å². The SMILES string of the molecule is CCCCCC1CCC(C2CCC(C3CCC(c4ccc(OC(F)(F)C(F)C(F)(F)F)c(Cl)c4)CC3)CC2)CC1. The van der Waals surface area contributed by atoms with Crippen LogP contribution in [0.25, 0.3) is 0 Å². The molecule has 0 saturated heterocycles. The van der Waals surface area contributed by atoms with E-state index >= 15 is 0 Å². The van der Waals surface area contributed by atoms with Gasteiger partial charge in [-0.3, -0.25) is 0 Å². The summed E-state index contributed by atoms with van der Waals surface area (Å²) in [7, 11) is 0. The Balaban J connectivity index is 1.20. The van der Waals surface area contributed by atoms with Crippen molar-refractivity contribution in [3.8, 4) is 5.75 Å². The smallest absolute Gasteiger partial charge is 0.429 e. The Bertz CT molecular complexity index is 912. The van der Waals surface area contributed by atoms with E-state index in [9.17, 15) is 26.3 Å². The molecular formula is C32H45ClF6O. The second-order valence-corrected chi connectivity index (χ2v) is 13.2. The molecule has 1 unspecified atom stereocenters. The van der Waals surface area contributed by atoms with E-state index in [1.165, 1.54) is 83.1 Å². The summed E-state index contributed by atoms with van der Waals surface area (Å²) in [6, 6.07) is 4.16. The molecule has 0 spiro atoms. The predicted molar refractivity (Wildman–Crippen MR) is 148 cm³/mol. The van der Waals surface area contributed by atoms with Crippen LogP contribution in [0.1, 0.15) is 121 Å². The molecule has 3 saturated carbocycles. The van der Waals surface area contributed by atoms with Gasteiger partial charge >= 0.3 is 12.3 Å². The Labute approximate surface area is 240 Å². The van der Waals surface area contributed by atoms with Crippen molar-refractivity contribution in [1.29, 1.82) is 0 Å². The molecule has 1 atom stereocenters. The maximum Gasteiger partial charge on any atom is 0.439 e. The lowest BCUT2D eigenvalue weighted by Crippen LogP contribution is -2.45. The first-order valence-corrected chi connectivity index (χ1v) is 15.9. The number of halogens is 7. The van der Waals surface area contributed by atoms with E-state index in [1.54, 1.807) is 6.07 Å². The van der Waals surface area contributed by atoms with Gasteiger partial charge in [0, 0.05) is 0 Å². The van der Waals surface area contributed by atoms with Crippen molar-refractivity contribution >= 4 is 11.6 Å². The summed E-state index contributed by atoms with van der Waals surface area (Å²) in [4.78, 5) is 0. The second-order valence-electron chi connectivity index (χ2n) is 12.8. The summed E-state index contributed by atoms with van der Waals surface area (Å²) >= 11 is 6.08. The van der Waals surface area contributed by atoms with Gasteiger partial charge in [0.15, 0.2) is 0 Å². The Kier molecular flexibility index (Phi) is 11.1. The highest BCUT2D eigenvalue weighted by Crippen LogP contribution is 2.48. The minimum Gasteiger partial charge on any atom is -0.429 e. The van der Waals surface area contributed by atoms with Gasteiger partial charge < -0.3 is 4.74 Å². The molecule has 1 aromatic carbocycles. The van der Waals surface area contributed by atoms with Gasteiger partial charge in [0.2, 0.25) is 0 Å². The molecule has 0 N–H and O–H groups in total. The van der Waals surface area contributed by atoms with E-state index in [-0.39, 0.29) is 10.9 Å². The molecule has 0 aliphatic heterocycles. The summed E-state index contributed by atoms with van der Waals surface area (Å²) in [5.41, 5.74) is 0.862. The van der Waals surface area contributed by atoms with Crippen molar-refractivity contribution in [3.05, 3.63) is 28.8 Å². The van der Waals surface area contributed by atoms with E-state index in [1.807, 2.05) is 0 Å². The van der Waals surface area contributed by atoms with Crippen molar-refractivity contribution in [2.24, 2.45) is 29.6 Å². The third kappa shape index (κ3) is 8.25. The predicted octanol–water partition coefficient (Wildman–Crippen LogP) is 11.7. The van der Waals surface area contributed by atoms with Crippen LogP contribution in [0.3, 0.4) is 0 Å². The van der Waals surface area contributed by atoms with Crippen LogP contribution in [-0.2, 0) is 0 Å². The summed E-state index contributed by atoms with van der Waals surface area (Å²) in [6.45, 7) is 2.28. The summed E-state index contributed by atoms with van der Waals surface area (Å²) in [5, 5.41) is -0.234. The minimum atomic E-state index is -5.74. The van der Waals surface area contributed by atoms with E-state index in [0.717, 1.165) is 61.0 Å². The van der Waals surface area contributed by atoms with Crippen LogP contribution >= 0.6 is 11.6 Å². The third-order valence-electron chi connectivity index (χ3n) is 10.3. The van der Waals surface area contributed by atoms with E-state index in [4.69, 9.17) is 11.6 Å². The van der Waals surface area contributed by atoms with Crippen LogP contribution in [0, 0.1) is 29.6 Å². The third-order valence-corrected chi connectivity index (χ3v) is 10.6. The maximum atomic E-state index is 13.7. The van der Waals surface area contributed by atoms with Crippen molar-refractivity contribution < 1.29 is 31.1 Å². The van der Waals surface area contributed by atoms with Crippen molar-refractivity contribution in [3.63, 3.8) is 0 Å². The van der Waals surface area contributed by atoms with Crippen LogP contribution in [0.5, 0.6) is 5.75 Å². The first-order valence-electron chi connectivity index (χ1n) is 15.5. The van der Waals surface area contributed by atoms with Crippen molar-refractivity contribution in [2.45, 2.75) is 134 Å². The Morgan fingerprint density at radius 1 is 0.775 bits per heavy atom. The molecule has 228 valence electrons. The van der Waals surface area contributed by atoms with Crippen LogP contribution in [-0.4, -0.2) is 18.5 Å². The molecular weight excluding hydrogens is 550 g/mol. The molecule has 8 heteroatoms. The van der Waals surface area contributed by atoms with Crippen LogP contribution in [0.2, 0.25) is 5.02 Å². The molecule has 1 nitrogen and oxygen atoms in total. The Hall–Kier alpha value is -1.11. The molecule has 40 heavy (non-hydrogen) atoms. The lowest BCUT2D eigenvalue weighted by Gasteiger charge is -2.41. The first-order chi connectivity index (χ1) is 19.0. The standard InChI is InChI=1S/C32H45ClF6O/c1-2-3-4-5-21-6-8-22(9-7-21)23-10-12-24(13-11-23)25-14-16-26(17-15-25)27-18-19-29(28(33)20-27)40-32(38,39)30(34)31(35,36)37/h18-26,30H,2-17H2,1H3. The molecule has 3 aliphatic rings. The van der Waals surface area contributed by atoms with Gasteiger partial charge in [0.05, 0.1) is 5.02 Å². The van der Waals surface area contributed by atoms with Gasteiger partial charge in [0.25, 0.3) is 6.17 Å². The normalized spacial score (nSPS) is 31.1. The highest BCUT2D eigenvalue weighted by Gasteiger charge is 2.59. The maximum absolute atomic E-state index is 13.7. The molecule has 3 fully saturated rings. The van der Waals surface area contributed by atoms with Gasteiger partial charge in [-0.15, -0.1) is 0 Å². The largest absolute Gasteiger partial charge is 0.439 e. The molecule has 3 aliphatic carbocycles. The zero-order chi connectivity index (χ0) is 28.9. The molecule has 0 aromatic heterocycles.